The van der Waals surface area contributed by atoms with E-state index in [1.54, 1.807) is 0 Å². The quantitative estimate of drug-likeness (QED) is 0.518. The predicted octanol–water partition coefficient (Wildman–Crippen LogP) is 4.81. The molecule has 2 aliphatic rings. The Hall–Kier alpha value is -3.28. The van der Waals surface area contributed by atoms with Gasteiger partial charge in [0.15, 0.2) is 5.78 Å². The van der Waals surface area contributed by atoms with Crippen LogP contribution in [-0.2, 0) is 14.3 Å². The van der Waals surface area contributed by atoms with Crippen LogP contribution >= 0.6 is 0 Å². The van der Waals surface area contributed by atoms with E-state index in [1.807, 2.05) is 56.3 Å². The molecule has 0 fully saturated rings. The van der Waals surface area contributed by atoms with Crippen LogP contribution < -0.4 is 10.1 Å². The van der Waals surface area contributed by atoms with Gasteiger partial charge in [-0.25, -0.2) is 4.79 Å². The molecule has 0 bridgehead atoms. The molecule has 0 saturated carbocycles. The maximum atomic E-state index is 13.2. The Balaban J connectivity index is 1.57. The largest absolute Gasteiger partial charge is 0.490 e. The first-order valence-corrected chi connectivity index (χ1v) is 10.9. The second-order valence-corrected chi connectivity index (χ2v) is 9.18. The van der Waals surface area contributed by atoms with Gasteiger partial charge >= 0.3 is 5.97 Å². The minimum atomic E-state index is -0.578. The summed E-state index contributed by atoms with van der Waals surface area (Å²) in [5.41, 5.74) is 2.43. The minimum Gasteiger partial charge on any atom is -0.490 e. The second-order valence-electron chi connectivity index (χ2n) is 9.18. The van der Waals surface area contributed by atoms with Crippen molar-refractivity contribution < 1.29 is 23.5 Å². The van der Waals surface area contributed by atoms with Gasteiger partial charge in [0.2, 0.25) is 0 Å². The van der Waals surface area contributed by atoms with E-state index in [1.165, 1.54) is 0 Å². The Morgan fingerprint density at radius 1 is 1.09 bits per heavy atom. The number of hydrogen-bond donors (Lipinski definition) is 1. The number of aryl methyl sites for hydroxylation is 1. The predicted molar refractivity (Wildman–Crippen MR) is 120 cm³/mol. The van der Waals surface area contributed by atoms with Gasteiger partial charge in [-0.1, -0.05) is 32.0 Å². The summed E-state index contributed by atoms with van der Waals surface area (Å²) >= 11 is 0. The van der Waals surface area contributed by atoms with Crippen molar-refractivity contribution in [3.8, 4) is 5.75 Å². The van der Waals surface area contributed by atoms with Crippen LogP contribution in [0.3, 0.4) is 0 Å². The smallest absolute Gasteiger partial charge is 0.336 e. The summed E-state index contributed by atoms with van der Waals surface area (Å²) < 4.78 is 17.1. The standard InChI is InChI=1S/C26H29NO5/c1-16-10-11-21(32-16)24-22(25(29)31-13-12-30-18-8-6-5-7-9-18)17(2)27-19-14-26(3,4)15-20(28)23(19)24/h5-11,24,27H,12-15H2,1-4H3/t24-/m1/s1. The first kappa shape index (κ1) is 21.9. The first-order valence-electron chi connectivity index (χ1n) is 10.9. The Labute approximate surface area is 188 Å². The molecule has 2 aromatic rings. The van der Waals surface area contributed by atoms with E-state index in [4.69, 9.17) is 13.9 Å². The molecular formula is C26H29NO5. The van der Waals surface area contributed by atoms with E-state index in [0.29, 0.717) is 34.8 Å². The molecule has 1 atom stereocenters. The molecule has 1 aliphatic carbocycles. The molecule has 1 N–H and O–H groups in total. The molecular weight excluding hydrogens is 406 g/mol. The Morgan fingerprint density at radius 2 is 1.84 bits per heavy atom. The zero-order valence-corrected chi connectivity index (χ0v) is 19.0. The highest BCUT2D eigenvalue weighted by atomic mass is 16.6. The Morgan fingerprint density at radius 3 is 2.53 bits per heavy atom. The number of para-hydroxylation sites is 1. The summed E-state index contributed by atoms with van der Waals surface area (Å²) in [6.45, 7) is 8.19. The van der Waals surface area contributed by atoms with Crippen molar-refractivity contribution in [1.29, 1.82) is 0 Å². The molecule has 1 aliphatic heterocycles. The maximum absolute atomic E-state index is 13.2. The minimum absolute atomic E-state index is 0.0352. The van der Waals surface area contributed by atoms with Crippen LogP contribution in [0, 0.1) is 12.3 Å². The van der Waals surface area contributed by atoms with Gasteiger partial charge in [-0.2, -0.15) is 0 Å². The summed E-state index contributed by atoms with van der Waals surface area (Å²) in [7, 11) is 0. The summed E-state index contributed by atoms with van der Waals surface area (Å²) in [4.78, 5) is 26.4. The zero-order chi connectivity index (χ0) is 22.9. The molecule has 6 heteroatoms. The molecule has 0 unspecified atom stereocenters. The van der Waals surface area contributed by atoms with E-state index in [-0.39, 0.29) is 24.4 Å². The highest BCUT2D eigenvalue weighted by Gasteiger charge is 2.44. The van der Waals surface area contributed by atoms with Gasteiger partial charge in [-0.3, -0.25) is 4.79 Å². The van der Waals surface area contributed by atoms with Crippen LogP contribution in [0.2, 0.25) is 0 Å². The topological polar surface area (TPSA) is 77.8 Å². The highest BCUT2D eigenvalue weighted by Crippen LogP contribution is 2.47. The van der Waals surface area contributed by atoms with E-state index in [9.17, 15) is 9.59 Å². The van der Waals surface area contributed by atoms with Crippen LogP contribution in [-0.4, -0.2) is 25.0 Å². The molecule has 168 valence electrons. The lowest BCUT2D eigenvalue weighted by molar-refractivity contribution is -0.140. The fourth-order valence-electron chi connectivity index (χ4n) is 4.49. The summed E-state index contributed by atoms with van der Waals surface area (Å²) in [5, 5.41) is 3.32. The number of carbonyl (C=O) groups is 2. The van der Waals surface area contributed by atoms with E-state index < -0.39 is 11.9 Å². The van der Waals surface area contributed by atoms with E-state index in [2.05, 4.69) is 19.2 Å². The number of nitrogens with one attached hydrogen (secondary N) is 1. The number of furan rings is 1. The van der Waals surface area contributed by atoms with E-state index >= 15 is 0 Å². The number of benzene rings is 1. The molecule has 0 saturated heterocycles. The second kappa shape index (κ2) is 8.69. The number of carbonyl (C=O) groups excluding carboxylic acids is 2. The van der Waals surface area contributed by atoms with Crippen molar-refractivity contribution in [2.45, 2.75) is 46.5 Å². The van der Waals surface area contributed by atoms with Gasteiger partial charge in [-0.05, 0) is 49.9 Å². The van der Waals surface area contributed by atoms with Gasteiger partial charge in [0.05, 0.1) is 11.5 Å². The monoisotopic (exact) mass is 435 g/mol. The number of hydrogen-bond acceptors (Lipinski definition) is 6. The lowest BCUT2D eigenvalue weighted by Gasteiger charge is -2.38. The van der Waals surface area contributed by atoms with Gasteiger partial charge < -0.3 is 19.2 Å². The molecule has 1 aromatic heterocycles. The summed E-state index contributed by atoms with van der Waals surface area (Å²) in [6.07, 6.45) is 1.16. The average Bonchev–Trinajstić information content (AvgIpc) is 3.16. The molecule has 0 amide bonds. The van der Waals surface area contributed by atoms with Crippen LogP contribution in [0.1, 0.15) is 51.1 Å². The lowest BCUT2D eigenvalue weighted by atomic mass is 9.69. The molecule has 0 spiro atoms. The van der Waals surface area contributed by atoms with Crippen molar-refractivity contribution >= 4 is 11.8 Å². The van der Waals surface area contributed by atoms with Crippen molar-refractivity contribution in [2.75, 3.05) is 13.2 Å². The van der Waals surface area contributed by atoms with Crippen LogP contribution in [0.4, 0.5) is 0 Å². The number of esters is 1. The van der Waals surface area contributed by atoms with Crippen molar-refractivity contribution in [1.82, 2.24) is 5.32 Å². The Bertz CT molecular complexity index is 1090. The van der Waals surface area contributed by atoms with Gasteiger partial charge in [0.1, 0.15) is 30.5 Å². The van der Waals surface area contributed by atoms with Gasteiger partial charge in [0, 0.05) is 23.4 Å². The number of Topliss-reactive ketones (excluding diaryl/α,β-unsaturated/α-hetero) is 1. The van der Waals surface area contributed by atoms with Crippen molar-refractivity contribution in [3.63, 3.8) is 0 Å². The van der Waals surface area contributed by atoms with Gasteiger partial charge in [0.25, 0.3) is 0 Å². The number of dihydropyridines is 1. The third-order valence-corrected chi connectivity index (χ3v) is 5.83. The SMILES string of the molecule is CC1=C(C(=O)OCCOc2ccccc2)[C@@H](c2ccc(C)o2)C2=C(CC(C)(C)CC2=O)N1. The summed E-state index contributed by atoms with van der Waals surface area (Å²) in [6, 6.07) is 13.0. The third kappa shape index (κ3) is 4.49. The fourth-order valence-corrected chi connectivity index (χ4v) is 4.49. The van der Waals surface area contributed by atoms with E-state index in [0.717, 1.165) is 17.9 Å². The zero-order valence-electron chi connectivity index (χ0n) is 19.0. The maximum Gasteiger partial charge on any atom is 0.336 e. The number of ether oxygens (including phenoxy) is 2. The molecule has 32 heavy (non-hydrogen) atoms. The van der Waals surface area contributed by atoms with Crippen LogP contribution in [0.25, 0.3) is 0 Å². The van der Waals surface area contributed by atoms with Gasteiger partial charge in [-0.15, -0.1) is 0 Å². The van der Waals surface area contributed by atoms with Crippen LogP contribution in [0.5, 0.6) is 5.75 Å². The molecule has 1 aromatic carbocycles. The third-order valence-electron chi connectivity index (χ3n) is 5.83. The molecule has 0 radical (unpaired) electrons. The number of rotatable bonds is 6. The molecule has 6 nitrogen and oxygen atoms in total. The molecule has 2 heterocycles. The van der Waals surface area contributed by atoms with Crippen LogP contribution in [0.15, 0.2) is 69.4 Å². The lowest BCUT2D eigenvalue weighted by Crippen LogP contribution is -2.38. The number of allylic oxidation sites excluding steroid dienone is 3. The highest BCUT2D eigenvalue weighted by molar-refractivity contribution is 6.04. The Kier molecular flexibility index (Phi) is 5.96. The average molecular weight is 436 g/mol. The molecule has 4 rings (SSSR count). The van der Waals surface area contributed by atoms with Crippen molar-refractivity contribution in [2.24, 2.45) is 5.41 Å². The normalized spacial score (nSPS) is 20.0. The first-order chi connectivity index (χ1) is 15.2. The fraction of sp³-hybridized carbons (Fsp3) is 0.385. The summed E-state index contributed by atoms with van der Waals surface area (Å²) in [5.74, 6) is 1.00. The van der Waals surface area contributed by atoms with Crippen molar-refractivity contribution in [3.05, 3.63) is 76.5 Å². The number of ketones is 1.